The Morgan fingerprint density at radius 3 is 2.48 bits per heavy atom. The van der Waals surface area contributed by atoms with Crippen molar-refractivity contribution in [2.75, 3.05) is 0 Å². The Hall–Kier alpha value is -2.66. The van der Waals surface area contributed by atoms with Gasteiger partial charge in [-0.05, 0) is 42.2 Å². The molecule has 0 aliphatic heterocycles. The lowest BCUT2D eigenvalue weighted by Gasteiger charge is -2.21. The zero-order chi connectivity index (χ0) is 19.1. The van der Waals surface area contributed by atoms with Gasteiger partial charge in [0.1, 0.15) is 12.4 Å². The van der Waals surface area contributed by atoms with Gasteiger partial charge < -0.3 is 10.1 Å². The number of rotatable bonds is 8. The normalized spacial score (nSPS) is 12.0. The van der Waals surface area contributed by atoms with E-state index < -0.39 is 0 Å². The predicted molar refractivity (Wildman–Crippen MR) is 109 cm³/mol. The maximum Gasteiger partial charge on any atom is 0.251 e. The molecule has 0 aliphatic carbocycles. The lowest BCUT2D eigenvalue weighted by atomic mass is 9.96. The molecule has 4 nitrogen and oxygen atoms in total. The topological polar surface area (TPSA) is 51.2 Å². The maximum absolute atomic E-state index is 12.7. The molecule has 140 valence electrons. The molecular weight excluding hydrogens is 356 g/mol. The van der Waals surface area contributed by atoms with Crippen LogP contribution >= 0.6 is 11.3 Å². The Morgan fingerprint density at radius 2 is 1.85 bits per heavy atom. The molecule has 0 bridgehead atoms. The first kappa shape index (κ1) is 19.1. The highest BCUT2D eigenvalue weighted by Crippen LogP contribution is 2.22. The Morgan fingerprint density at radius 1 is 1.11 bits per heavy atom. The van der Waals surface area contributed by atoms with Gasteiger partial charge in [-0.1, -0.05) is 44.2 Å². The van der Waals surface area contributed by atoms with Gasteiger partial charge in [-0.15, -0.1) is 11.3 Å². The van der Waals surface area contributed by atoms with E-state index in [4.69, 9.17) is 4.74 Å². The number of thiazole rings is 1. The average molecular weight is 381 g/mol. The van der Waals surface area contributed by atoms with Crippen LogP contribution in [-0.2, 0) is 6.61 Å². The van der Waals surface area contributed by atoms with Gasteiger partial charge in [-0.25, -0.2) is 4.98 Å². The summed E-state index contributed by atoms with van der Waals surface area (Å²) in [6, 6.07) is 17.3. The SMILES string of the molecule is CC(C)CC(NC(=O)c1ccc(OCc2cscn2)cc1)c1ccccc1. The minimum absolute atomic E-state index is 0.000656. The Bertz CT molecular complexity index is 831. The molecule has 1 amide bonds. The summed E-state index contributed by atoms with van der Waals surface area (Å²) in [5.41, 5.74) is 4.44. The fourth-order valence-corrected chi connectivity index (χ4v) is 3.39. The molecule has 5 heteroatoms. The van der Waals surface area contributed by atoms with Gasteiger partial charge in [-0.3, -0.25) is 4.79 Å². The molecule has 1 heterocycles. The van der Waals surface area contributed by atoms with Crippen LogP contribution in [0, 0.1) is 5.92 Å². The second kappa shape index (κ2) is 9.33. The second-order valence-corrected chi connectivity index (χ2v) is 7.58. The van der Waals surface area contributed by atoms with Gasteiger partial charge in [0.05, 0.1) is 17.2 Å². The van der Waals surface area contributed by atoms with Crippen LogP contribution in [0.3, 0.4) is 0 Å². The maximum atomic E-state index is 12.7. The number of hydrogen-bond donors (Lipinski definition) is 1. The number of amides is 1. The average Bonchev–Trinajstić information content (AvgIpc) is 3.20. The largest absolute Gasteiger partial charge is 0.487 e. The van der Waals surface area contributed by atoms with E-state index >= 15 is 0 Å². The van der Waals surface area contributed by atoms with Crippen molar-refractivity contribution in [1.29, 1.82) is 0 Å². The van der Waals surface area contributed by atoms with Crippen LogP contribution < -0.4 is 10.1 Å². The number of nitrogens with one attached hydrogen (secondary N) is 1. The molecule has 0 spiro atoms. The summed E-state index contributed by atoms with van der Waals surface area (Å²) >= 11 is 1.54. The van der Waals surface area contributed by atoms with Gasteiger partial charge in [-0.2, -0.15) is 0 Å². The molecule has 0 radical (unpaired) electrons. The van der Waals surface area contributed by atoms with Crippen LogP contribution in [-0.4, -0.2) is 10.9 Å². The summed E-state index contributed by atoms with van der Waals surface area (Å²) in [7, 11) is 0. The molecule has 1 N–H and O–H groups in total. The van der Waals surface area contributed by atoms with Crippen LogP contribution in [0.5, 0.6) is 5.75 Å². The molecule has 1 atom stereocenters. The van der Waals surface area contributed by atoms with E-state index in [2.05, 4.69) is 36.3 Å². The summed E-state index contributed by atoms with van der Waals surface area (Å²) in [4.78, 5) is 16.9. The van der Waals surface area contributed by atoms with Crippen molar-refractivity contribution in [1.82, 2.24) is 10.3 Å². The lowest BCUT2D eigenvalue weighted by Crippen LogP contribution is -2.29. The number of hydrogen-bond acceptors (Lipinski definition) is 4. The van der Waals surface area contributed by atoms with Crippen molar-refractivity contribution in [2.45, 2.75) is 32.9 Å². The number of ether oxygens (including phenoxy) is 1. The van der Waals surface area contributed by atoms with Crippen molar-refractivity contribution < 1.29 is 9.53 Å². The van der Waals surface area contributed by atoms with E-state index in [1.54, 1.807) is 29.0 Å². The molecule has 0 saturated heterocycles. The third-order valence-electron chi connectivity index (χ3n) is 4.20. The zero-order valence-corrected chi connectivity index (χ0v) is 16.4. The summed E-state index contributed by atoms with van der Waals surface area (Å²) in [5.74, 6) is 1.13. The third-order valence-corrected chi connectivity index (χ3v) is 4.84. The number of carbonyl (C=O) groups is 1. The van der Waals surface area contributed by atoms with Crippen molar-refractivity contribution in [3.63, 3.8) is 0 Å². The number of carbonyl (C=O) groups excluding carboxylic acids is 1. The first-order valence-electron chi connectivity index (χ1n) is 9.07. The standard InChI is InChI=1S/C22H24N2O2S/c1-16(2)12-21(17-6-4-3-5-7-17)24-22(25)18-8-10-20(11-9-18)26-13-19-14-27-15-23-19/h3-11,14-16,21H,12-13H2,1-2H3,(H,24,25). The number of nitrogens with zero attached hydrogens (tertiary/aromatic N) is 1. The van der Waals surface area contributed by atoms with Crippen molar-refractivity contribution in [2.24, 2.45) is 5.92 Å². The van der Waals surface area contributed by atoms with E-state index in [0.717, 1.165) is 23.4 Å². The Labute approximate surface area is 164 Å². The summed E-state index contributed by atoms with van der Waals surface area (Å²) in [6.07, 6.45) is 0.893. The monoisotopic (exact) mass is 380 g/mol. The molecular formula is C22H24N2O2S. The van der Waals surface area contributed by atoms with Crippen LogP contribution in [0.15, 0.2) is 65.5 Å². The van der Waals surface area contributed by atoms with Gasteiger partial charge in [0, 0.05) is 10.9 Å². The fraction of sp³-hybridized carbons (Fsp3) is 0.273. The first-order valence-corrected chi connectivity index (χ1v) is 10.0. The summed E-state index contributed by atoms with van der Waals surface area (Å²) in [6.45, 7) is 4.76. The summed E-state index contributed by atoms with van der Waals surface area (Å²) in [5, 5.41) is 5.12. The van der Waals surface area contributed by atoms with E-state index in [1.807, 2.05) is 35.7 Å². The highest BCUT2D eigenvalue weighted by atomic mass is 32.1. The quantitative estimate of drug-likeness (QED) is 0.581. The number of aromatic nitrogens is 1. The summed E-state index contributed by atoms with van der Waals surface area (Å²) < 4.78 is 5.70. The van der Waals surface area contributed by atoms with E-state index in [1.165, 1.54) is 0 Å². The van der Waals surface area contributed by atoms with Crippen molar-refractivity contribution in [3.05, 3.63) is 82.3 Å². The van der Waals surface area contributed by atoms with E-state index in [0.29, 0.717) is 18.1 Å². The Kier molecular flexibility index (Phi) is 6.60. The molecule has 1 aromatic heterocycles. The molecule has 0 saturated carbocycles. The molecule has 3 aromatic rings. The van der Waals surface area contributed by atoms with Crippen molar-refractivity contribution >= 4 is 17.2 Å². The van der Waals surface area contributed by atoms with Crippen LogP contribution in [0.25, 0.3) is 0 Å². The van der Waals surface area contributed by atoms with Crippen LogP contribution in [0.4, 0.5) is 0 Å². The highest BCUT2D eigenvalue weighted by molar-refractivity contribution is 7.07. The lowest BCUT2D eigenvalue weighted by molar-refractivity contribution is 0.0932. The van der Waals surface area contributed by atoms with Gasteiger partial charge in [0.25, 0.3) is 5.91 Å². The van der Waals surface area contributed by atoms with E-state index in [9.17, 15) is 4.79 Å². The fourth-order valence-electron chi connectivity index (χ4n) is 2.85. The van der Waals surface area contributed by atoms with Gasteiger partial charge in [0.15, 0.2) is 0 Å². The molecule has 27 heavy (non-hydrogen) atoms. The molecule has 2 aromatic carbocycles. The highest BCUT2D eigenvalue weighted by Gasteiger charge is 2.17. The molecule has 0 aliphatic rings. The molecule has 1 unspecified atom stereocenters. The minimum atomic E-state index is -0.0736. The third kappa shape index (κ3) is 5.66. The first-order chi connectivity index (χ1) is 13.1. The zero-order valence-electron chi connectivity index (χ0n) is 15.6. The van der Waals surface area contributed by atoms with Gasteiger partial charge in [0.2, 0.25) is 0 Å². The second-order valence-electron chi connectivity index (χ2n) is 6.86. The van der Waals surface area contributed by atoms with Crippen molar-refractivity contribution in [3.8, 4) is 5.75 Å². The molecule has 0 fully saturated rings. The Balaban J connectivity index is 1.63. The van der Waals surface area contributed by atoms with Crippen LogP contribution in [0.2, 0.25) is 0 Å². The van der Waals surface area contributed by atoms with E-state index in [-0.39, 0.29) is 11.9 Å². The predicted octanol–water partition coefficient (Wildman–Crippen LogP) is 5.24. The molecule has 3 rings (SSSR count). The van der Waals surface area contributed by atoms with Gasteiger partial charge >= 0.3 is 0 Å². The smallest absolute Gasteiger partial charge is 0.251 e. The number of benzene rings is 2. The van der Waals surface area contributed by atoms with Crippen LogP contribution in [0.1, 0.15) is 47.9 Å². The minimum Gasteiger partial charge on any atom is -0.487 e.